The summed E-state index contributed by atoms with van der Waals surface area (Å²) in [6, 6.07) is 3.42. The van der Waals surface area contributed by atoms with Gasteiger partial charge in [0.15, 0.2) is 0 Å². The van der Waals surface area contributed by atoms with Gasteiger partial charge < -0.3 is 20.7 Å². The maximum Gasteiger partial charge on any atom is 0.226 e. The lowest BCUT2D eigenvalue weighted by molar-refractivity contribution is -0.121. The first-order valence-corrected chi connectivity index (χ1v) is 7.91. The molecular formula is C16H25Cl2N3O3. The van der Waals surface area contributed by atoms with E-state index in [1.165, 1.54) is 7.11 Å². The SMILES string of the molecule is CNCCCC(=O)NCCC(=O)Nc1cc(C)c(Cl)cc1OC.Cl. The van der Waals surface area contributed by atoms with Gasteiger partial charge in [-0.3, -0.25) is 9.59 Å². The quantitative estimate of drug-likeness (QED) is 0.577. The molecule has 0 unspecified atom stereocenters. The maximum absolute atomic E-state index is 12.0. The van der Waals surface area contributed by atoms with E-state index in [9.17, 15) is 9.59 Å². The van der Waals surface area contributed by atoms with E-state index in [1.807, 2.05) is 14.0 Å². The summed E-state index contributed by atoms with van der Waals surface area (Å²) in [6.45, 7) is 2.95. The average Bonchev–Trinajstić information content (AvgIpc) is 2.51. The first kappa shape index (κ1) is 22.5. The highest BCUT2D eigenvalue weighted by molar-refractivity contribution is 6.31. The Hall–Kier alpha value is -1.50. The van der Waals surface area contributed by atoms with Gasteiger partial charge in [-0.1, -0.05) is 11.6 Å². The third-order valence-electron chi connectivity index (χ3n) is 3.26. The minimum absolute atomic E-state index is 0. The molecular weight excluding hydrogens is 353 g/mol. The van der Waals surface area contributed by atoms with Crippen molar-refractivity contribution in [2.45, 2.75) is 26.2 Å². The molecule has 0 aromatic heterocycles. The van der Waals surface area contributed by atoms with Gasteiger partial charge >= 0.3 is 0 Å². The maximum atomic E-state index is 12.0. The van der Waals surface area contributed by atoms with E-state index in [-0.39, 0.29) is 30.6 Å². The summed E-state index contributed by atoms with van der Waals surface area (Å²) in [4.78, 5) is 23.5. The number of aryl methyl sites for hydroxylation is 1. The largest absolute Gasteiger partial charge is 0.495 e. The molecule has 0 aliphatic heterocycles. The van der Waals surface area contributed by atoms with E-state index in [4.69, 9.17) is 16.3 Å². The fourth-order valence-corrected chi connectivity index (χ4v) is 2.13. The molecule has 1 rings (SSSR count). The molecule has 0 aliphatic rings. The zero-order valence-electron chi connectivity index (χ0n) is 14.2. The van der Waals surface area contributed by atoms with Gasteiger partial charge in [-0.25, -0.2) is 0 Å². The van der Waals surface area contributed by atoms with Gasteiger partial charge in [0.25, 0.3) is 0 Å². The molecule has 0 bridgehead atoms. The van der Waals surface area contributed by atoms with E-state index in [2.05, 4.69) is 16.0 Å². The number of carbonyl (C=O) groups excluding carboxylic acids is 2. The lowest BCUT2D eigenvalue weighted by Gasteiger charge is -2.12. The number of carbonyl (C=O) groups is 2. The number of hydrogen-bond acceptors (Lipinski definition) is 4. The fourth-order valence-electron chi connectivity index (χ4n) is 1.97. The van der Waals surface area contributed by atoms with E-state index < -0.39 is 0 Å². The van der Waals surface area contributed by atoms with Gasteiger partial charge in [-0.2, -0.15) is 0 Å². The normalized spacial score (nSPS) is 9.83. The number of methoxy groups -OCH3 is 1. The molecule has 0 fully saturated rings. The number of ether oxygens (including phenoxy) is 1. The van der Waals surface area contributed by atoms with Gasteiger partial charge in [0.1, 0.15) is 5.75 Å². The summed E-state index contributed by atoms with van der Waals surface area (Å²) >= 11 is 6.03. The molecule has 1 aromatic carbocycles. The van der Waals surface area contributed by atoms with Crippen LogP contribution >= 0.6 is 24.0 Å². The van der Waals surface area contributed by atoms with Gasteiger partial charge in [0, 0.05) is 30.5 Å². The predicted octanol–water partition coefficient (Wildman–Crippen LogP) is 2.52. The Balaban J connectivity index is 0.00000529. The van der Waals surface area contributed by atoms with Gasteiger partial charge in [0.05, 0.1) is 12.8 Å². The van der Waals surface area contributed by atoms with Crippen molar-refractivity contribution < 1.29 is 14.3 Å². The van der Waals surface area contributed by atoms with Crippen LogP contribution in [-0.2, 0) is 9.59 Å². The topological polar surface area (TPSA) is 79.5 Å². The number of rotatable bonds is 9. The summed E-state index contributed by atoms with van der Waals surface area (Å²) in [5.74, 6) is 0.263. The number of halogens is 2. The molecule has 136 valence electrons. The highest BCUT2D eigenvalue weighted by atomic mass is 35.5. The van der Waals surface area contributed by atoms with Crippen LogP contribution in [0.4, 0.5) is 5.69 Å². The van der Waals surface area contributed by atoms with Crippen LogP contribution in [0.25, 0.3) is 0 Å². The Bertz CT molecular complexity index is 554. The third-order valence-corrected chi connectivity index (χ3v) is 3.67. The van der Waals surface area contributed by atoms with Crippen molar-refractivity contribution in [2.75, 3.05) is 32.6 Å². The fraction of sp³-hybridized carbons (Fsp3) is 0.500. The van der Waals surface area contributed by atoms with Crippen molar-refractivity contribution in [3.05, 3.63) is 22.7 Å². The standard InChI is InChI=1S/C16H24ClN3O3.ClH/c1-11-9-13(14(23-3)10-12(11)17)20-16(22)6-8-19-15(21)5-4-7-18-2;/h9-10,18H,4-8H2,1-3H3,(H,19,21)(H,20,22);1H. The molecule has 1 aromatic rings. The Morgan fingerprint density at radius 1 is 1.17 bits per heavy atom. The molecule has 0 aliphatic carbocycles. The second kappa shape index (κ2) is 11.9. The van der Waals surface area contributed by atoms with Crippen LogP contribution in [0.15, 0.2) is 12.1 Å². The van der Waals surface area contributed by atoms with Crippen LogP contribution in [0.1, 0.15) is 24.8 Å². The van der Waals surface area contributed by atoms with Crippen molar-refractivity contribution in [3.63, 3.8) is 0 Å². The lowest BCUT2D eigenvalue weighted by Crippen LogP contribution is -2.28. The molecule has 0 saturated heterocycles. The summed E-state index contributed by atoms with van der Waals surface area (Å²) in [5, 5.41) is 9.06. The minimum atomic E-state index is -0.194. The molecule has 8 heteroatoms. The monoisotopic (exact) mass is 377 g/mol. The van der Waals surface area contributed by atoms with E-state index in [1.54, 1.807) is 12.1 Å². The predicted molar refractivity (Wildman–Crippen MR) is 99.4 cm³/mol. The molecule has 3 N–H and O–H groups in total. The van der Waals surface area contributed by atoms with Crippen LogP contribution in [0.3, 0.4) is 0 Å². The van der Waals surface area contributed by atoms with Gasteiger partial charge in [-0.05, 0) is 38.6 Å². The first-order chi connectivity index (χ1) is 11.0. The molecule has 6 nitrogen and oxygen atoms in total. The Morgan fingerprint density at radius 3 is 2.50 bits per heavy atom. The third kappa shape index (κ3) is 7.86. The first-order valence-electron chi connectivity index (χ1n) is 7.53. The lowest BCUT2D eigenvalue weighted by atomic mass is 10.2. The number of nitrogens with one attached hydrogen (secondary N) is 3. The average molecular weight is 378 g/mol. The smallest absolute Gasteiger partial charge is 0.226 e. The van der Waals surface area contributed by atoms with Gasteiger partial charge in [-0.15, -0.1) is 12.4 Å². The van der Waals surface area contributed by atoms with Crippen molar-refractivity contribution in [2.24, 2.45) is 0 Å². The summed E-state index contributed by atoms with van der Waals surface area (Å²) in [6.07, 6.45) is 1.42. The Morgan fingerprint density at radius 2 is 1.88 bits per heavy atom. The van der Waals surface area contributed by atoms with Crippen LogP contribution in [0, 0.1) is 6.92 Å². The summed E-state index contributed by atoms with van der Waals surface area (Å²) in [7, 11) is 3.36. The van der Waals surface area contributed by atoms with Gasteiger partial charge in [0.2, 0.25) is 11.8 Å². The molecule has 2 amide bonds. The highest BCUT2D eigenvalue weighted by Gasteiger charge is 2.10. The van der Waals surface area contributed by atoms with Crippen molar-refractivity contribution >= 4 is 41.5 Å². The Kier molecular flexibility index (Phi) is 11.2. The van der Waals surface area contributed by atoms with Crippen molar-refractivity contribution in [3.8, 4) is 5.75 Å². The zero-order chi connectivity index (χ0) is 17.2. The van der Waals surface area contributed by atoms with Crippen LogP contribution in [0.2, 0.25) is 5.02 Å². The molecule has 0 heterocycles. The number of benzene rings is 1. The number of hydrogen-bond donors (Lipinski definition) is 3. The van der Waals surface area contributed by atoms with Crippen molar-refractivity contribution in [1.82, 2.24) is 10.6 Å². The Labute approximate surface area is 154 Å². The second-order valence-electron chi connectivity index (χ2n) is 5.16. The van der Waals surface area contributed by atoms with Crippen LogP contribution in [0.5, 0.6) is 5.75 Å². The summed E-state index contributed by atoms with van der Waals surface area (Å²) in [5.41, 5.74) is 1.42. The minimum Gasteiger partial charge on any atom is -0.495 e. The zero-order valence-corrected chi connectivity index (χ0v) is 15.8. The van der Waals surface area contributed by atoms with E-state index in [0.29, 0.717) is 29.4 Å². The van der Waals surface area contributed by atoms with E-state index >= 15 is 0 Å². The number of amides is 2. The molecule has 0 atom stereocenters. The molecule has 0 saturated carbocycles. The molecule has 0 spiro atoms. The van der Waals surface area contributed by atoms with Crippen molar-refractivity contribution in [1.29, 1.82) is 0 Å². The summed E-state index contributed by atoms with van der Waals surface area (Å²) < 4.78 is 5.20. The van der Waals surface area contributed by atoms with Crippen LogP contribution < -0.4 is 20.7 Å². The number of anilines is 1. The van der Waals surface area contributed by atoms with Crippen LogP contribution in [-0.4, -0.2) is 39.1 Å². The van der Waals surface area contributed by atoms with E-state index in [0.717, 1.165) is 18.5 Å². The highest BCUT2D eigenvalue weighted by Crippen LogP contribution is 2.30. The second-order valence-corrected chi connectivity index (χ2v) is 5.56. The molecule has 24 heavy (non-hydrogen) atoms. The molecule has 0 radical (unpaired) electrons.